The van der Waals surface area contributed by atoms with Gasteiger partial charge in [0.1, 0.15) is 11.4 Å². The molecular formula is C16H23N5O3. The lowest BCUT2D eigenvalue weighted by molar-refractivity contribution is -0.120. The fourth-order valence-electron chi connectivity index (χ4n) is 2.06. The van der Waals surface area contributed by atoms with Crippen LogP contribution in [-0.4, -0.2) is 45.3 Å². The fourth-order valence-corrected chi connectivity index (χ4v) is 2.06. The van der Waals surface area contributed by atoms with Gasteiger partial charge in [0, 0.05) is 32.1 Å². The van der Waals surface area contributed by atoms with Crippen LogP contribution >= 0.6 is 0 Å². The van der Waals surface area contributed by atoms with Crippen molar-refractivity contribution in [3.05, 3.63) is 30.2 Å². The van der Waals surface area contributed by atoms with Gasteiger partial charge < -0.3 is 15.4 Å². The monoisotopic (exact) mass is 333 g/mol. The van der Waals surface area contributed by atoms with Crippen LogP contribution in [0.2, 0.25) is 0 Å². The molecular weight excluding hydrogens is 310 g/mol. The maximum Gasteiger partial charge on any atom is 0.407 e. The minimum atomic E-state index is -0.548. The summed E-state index contributed by atoms with van der Waals surface area (Å²) in [7, 11) is 0. The molecule has 2 aromatic heterocycles. The lowest BCUT2D eigenvalue weighted by atomic mass is 10.2. The van der Waals surface area contributed by atoms with Crippen molar-refractivity contribution in [2.24, 2.45) is 0 Å². The minimum absolute atomic E-state index is 0.139. The molecule has 0 saturated carbocycles. The zero-order valence-corrected chi connectivity index (χ0v) is 14.2. The molecule has 0 unspecified atom stereocenters. The van der Waals surface area contributed by atoms with Gasteiger partial charge in [0.15, 0.2) is 5.65 Å². The number of rotatable bonds is 6. The van der Waals surface area contributed by atoms with Crippen molar-refractivity contribution in [3.8, 4) is 0 Å². The average Bonchev–Trinajstić information content (AvgIpc) is 2.89. The smallest absolute Gasteiger partial charge is 0.407 e. The van der Waals surface area contributed by atoms with Gasteiger partial charge in [-0.25, -0.2) is 4.79 Å². The molecule has 0 aliphatic carbocycles. The van der Waals surface area contributed by atoms with Gasteiger partial charge in [-0.1, -0.05) is 6.07 Å². The van der Waals surface area contributed by atoms with E-state index in [9.17, 15) is 9.59 Å². The summed E-state index contributed by atoms with van der Waals surface area (Å²) in [5, 5.41) is 13.5. The van der Waals surface area contributed by atoms with Crippen LogP contribution < -0.4 is 10.6 Å². The predicted molar refractivity (Wildman–Crippen MR) is 88.6 cm³/mol. The lowest BCUT2D eigenvalue weighted by Gasteiger charge is -2.19. The summed E-state index contributed by atoms with van der Waals surface area (Å²) in [5.41, 5.74) is 0.230. The molecule has 2 rings (SSSR count). The van der Waals surface area contributed by atoms with Crippen LogP contribution in [-0.2, 0) is 16.0 Å². The van der Waals surface area contributed by atoms with Crippen LogP contribution in [0.1, 0.15) is 33.0 Å². The molecule has 0 aromatic carbocycles. The number of nitrogens with zero attached hydrogens (tertiary/aromatic N) is 3. The molecule has 0 atom stereocenters. The highest BCUT2D eigenvalue weighted by Gasteiger charge is 2.15. The summed E-state index contributed by atoms with van der Waals surface area (Å²) >= 11 is 0. The van der Waals surface area contributed by atoms with Gasteiger partial charge in [-0.15, -0.1) is 10.2 Å². The number of pyridine rings is 1. The second kappa shape index (κ2) is 7.76. The van der Waals surface area contributed by atoms with E-state index >= 15 is 0 Å². The van der Waals surface area contributed by atoms with Crippen molar-refractivity contribution in [1.29, 1.82) is 0 Å². The van der Waals surface area contributed by atoms with E-state index in [1.807, 2.05) is 28.8 Å². The molecule has 24 heavy (non-hydrogen) atoms. The molecule has 0 aliphatic heterocycles. The van der Waals surface area contributed by atoms with Crippen LogP contribution in [0.25, 0.3) is 5.65 Å². The highest BCUT2D eigenvalue weighted by Crippen LogP contribution is 2.06. The van der Waals surface area contributed by atoms with E-state index in [0.717, 1.165) is 11.5 Å². The van der Waals surface area contributed by atoms with Gasteiger partial charge in [0.25, 0.3) is 0 Å². The minimum Gasteiger partial charge on any atom is -0.444 e. The van der Waals surface area contributed by atoms with Crippen LogP contribution in [0.5, 0.6) is 0 Å². The molecule has 8 nitrogen and oxygen atoms in total. The second-order valence-corrected chi connectivity index (χ2v) is 6.32. The van der Waals surface area contributed by atoms with Crippen molar-refractivity contribution >= 4 is 17.6 Å². The van der Waals surface area contributed by atoms with Gasteiger partial charge in [0.2, 0.25) is 5.91 Å². The Morgan fingerprint density at radius 1 is 1.17 bits per heavy atom. The number of carbonyl (C=O) groups is 2. The van der Waals surface area contributed by atoms with Gasteiger partial charge >= 0.3 is 6.09 Å². The van der Waals surface area contributed by atoms with Crippen molar-refractivity contribution in [2.75, 3.05) is 13.1 Å². The summed E-state index contributed by atoms with van der Waals surface area (Å²) < 4.78 is 6.98. The molecule has 0 saturated heterocycles. The first kappa shape index (κ1) is 17.7. The van der Waals surface area contributed by atoms with E-state index in [4.69, 9.17) is 4.74 Å². The van der Waals surface area contributed by atoms with Crippen molar-refractivity contribution in [3.63, 3.8) is 0 Å². The zero-order chi connectivity index (χ0) is 17.6. The van der Waals surface area contributed by atoms with Crippen LogP contribution in [0, 0.1) is 0 Å². The first-order valence-electron chi connectivity index (χ1n) is 7.87. The third kappa shape index (κ3) is 5.53. The third-order valence-electron chi connectivity index (χ3n) is 3.08. The first-order valence-corrected chi connectivity index (χ1v) is 7.87. The Hall–Kier alpha value is -2.64. The highest BCUT2D eigenvalue weighted by atomic mass is 16.6. The Bertz CT molecular complexity index is 705. The summed E-state index contributed by atoms with van der Waals surface area (Å²) in [4.78, 5) is 23.2. The zero-order valence-electron chi connectivity index (χ0n) is 14.2. The van der Waals surface area contributed by atoms with Crippen LogP contribution in [0.15, 0.2) is 24.4 Å². The molecule has 0 fully saturated rings. The normalized spacial score (nSPS) is 11.3. The quantitative estimate of drug-likeness (QED) is 0.830. The Morgan fingerprint density at radius 3 is 2.71 bits per heavy atom. The molecule has 2 N–H and O–H groups in total. The molecule has 0 radical (unpaired) electrons. The van der Waals surface area contributed by atoms with E-state index in [2.05, 4.69) is 20.8 Å². The standard InChI is InChI=1S/C16H23N5O3/c1-16(2,3)24-15(23)18-10-8-14(22)17-9-7-13-20-19-12-6-4-5-11-21(12)13/h4-6,11H,7-10H2,1-3H3,(H,17,22)(H,18,23). The molecule has 8 heteroatoms. The first-order chi connectivity index (χ1) is 11.3. The summed E-state index contributed by atoms with van der Waals surface area (Å²) in [6.07, 6.45) is 2.14. The van der Waals surface area contributed by atoms with Crippen molar-refractivity contribution < 1.29 is 14.3 Å². The fraction of sp³-hybridized carbons (Fsp3) is 0.500. The van der Waals surface area contributed by atoms with Crippen LogP contribution in [0.4, 0.5) is 4.79 Å². The number of amides is 2. The van der Waals surface area contributed by atoms with E-state index < -0.39 is 11.7 Å². The Labute approximate surface area is 140 Å². The largest absolute Gasteiger partial charge is 0.444 e. The average molecular weight is 333 g/mol. The van der Waals surface area contributed by atoms with Gasteiger partial charge in [-0.05, 0) is 32.9 Å². The van der Waals surface area contributed by atoms with Crippen molar-refractivity contribution in [2.45, 2.75) is 39.2 Å². The summed E-state index contributed by atoms with van der Waals surface area (Å²) in [6, 6.07) is 5.67. The van der Waals surface area contributed by atoms with Gasteiger partial charge in [-0.2, -0.15) is 0 Å². The highest BCUT2D eigenvalue weighted by molar-refractivity contribution is 5.77. The van der Waals surface area contributed by atoms with Crippen molar-refractivity contribution in [1.82, 2.24) is 25.2 Å². The molecule has 2 amide bonds. The Morgan fingerprint density at radius 2 is 1.96 bits per heavy atom. The maximum atomic E-state index is 11.8. The Kier molecular flexibility index (Phi) is 5.73. The number of nitrogens with one attached hydrogen (secondary N) is 2. The maximum absolute atomic E-state index is 11.8. The van der Waals surface area contributed by atoms with E-state index in [1.54, 1.807) is 20.8 Å². The van der Waals surface area contributed by atoms with E-state index in [-0.39, 0.29) is 18.9 Å². The third-order valence-corrected chi connectivity index (χ3v) is 3.08. The molecule has 0 aliphatic rings. The number of hydrogen-bond donors (Lipinski definition) is 2. The second-order valence-electron chi connectivity index (χ2n) is 6.32. The molecule has 2 heterocycles. The molecule has 0 spiro atoms. The number of fused-ring (bicyclic) bond motifs is 1. The van der Waals surface area contributed by atoms with Crippen LogP contribution in [0.3, 0.4) is 0 Å². The van der Waals surface area contributed by atoms with E-state index in [0.29, 0.717) is 13.0 Å². The summed E-state index contributed by atoms with van der Waals surface area (Å²) in [6.45, 7) is 6.05. The predicted octanol–water partition coefficient (Wildman–Crippen LogP) is 1.30. The number of aromatic nitrogens is 3. The molecule has 2 aromatic rings. The molecule has 130 valence electrons. The van der Waals surface area contributed by atoms with Gasteiger partial charge in [0.05, 0.1) is 0 Å². The van der Waals surface area contributed by atoms with Gasteiger partial charge in [-0.3, -0.25) is 9.20 Å². The SMILES string of the molecule is CC(C)(C)OC(=O)NCCC(=O)NCCc1nnc2ccccn12. The number of ether oxygens (including phenoxy) is 1. The summed E-state index contributed by atoms with van der Waals surface area (Å²) in [5.74, 6) is 0.651. The molecule has 0 bridgehead atoms. The lowest BCUT2D eigenvalue weighted by Crippen LogP contribution is -2.35. The van der Waals surface area contributed by atoms with E-state index in [1.165, 1.54) is 0 Å². The topological polar surface area (TPSA) is 97.6 Å². The number of alkyl carbamates (subject to hydrolysis) is 1. The Balaban J connectivity index is 1.66. The number of hydrogen-bond acceptors (Lipinski definition) is 5. The number of carbonyl (C=O) groups excluding carboxylic acids is 2.